The zero-order chi connectivity index (χ0) is 14.1. The van der Waals surface area contributed by atoms with Gasteiger partial charge in [-0.25, -0.2) is 0 Å². The number of anilines is 2. The number of imide groups is 1. The molecule has 0 unspecified atom stereocenters. The van der Waals surface area contributed by atoms with Gasteiger partial charge in [0.15, 0.2) is 0 Å². The van der Waals surface area contributed by atoms with E-state index in [9.17, 15) is 9.59 Å². The number of carbonyl (C=O) groups excluding carboxylic acids is 2. The van der Waals surface area contributed by atoms with Crippen LogP contribution in [0.4, 0.5) is 11.4 Å². The normalized spacial score (nSPS) is 12.8. The molecule has 100 valence electrons. The molecule has 0 atom stereocenters. The van der Waals surface area contributed by atoms with E-state index in [0.29, 0.717) is 16.8 Å². The fraction of sp³-hybridized carbons (Fsp3) is 0.0667. The fourth-order valence-corrected chi connectivity index (χ4v) is 2.15. The predicted octanol–water partition coefficient (Wildman–Crippen LogP) is 2.32. The Labute approximate surface area is 115 Å². The maximum absolute atomic E-state index is 11.8. The van der Waals surface area contributed by atoms with Crippen LogP contribution in [0.3, 0.4) is 0 Å². The van der Waals surface area contributed by atoms with Gasteiger partial charge in [-0.15, -0.1) is 0 Å². The van der Waals surface area contributed by atoms with Crippen molar-refractivity contribution in [3.05, 3.63) is 53.6 Å². The van der Waals surface area contributed by atoms with E-state index in [2.05, 4.69) is 10.6 Å². The van der Waals surface area contributed by atoms with Gasteiger partial charge in [0.1, 0.15) is 5.75 Å². The van der Waals surface area contributed by atoms with Gasteiger partial charge in [0.05, 0.1) is 23.9 Å². The summed E-state index contributed by atoms with van der Waals surface area (Å²) >= 11 is 0. The zero-order valence-electron chi connectivity index (χ0n) is 10.8. The number of fused-ring (bicyclic) bond motifs is 1. The third-order valence-electron chi connectivity index (χ3n) is 3.13. The van der Waals surface area contributed by atoms with Crippen LogP contribution in [-0.2, 0) is 0 Å². The lowest BCUT2D eigenvalue weighted by atomic mass is 10.1. The van der Waals surface area contributed by atoms with Crippen molar-refractivity contribution in [3.8, 4) is 5.75 Å². The van der Waals surface area contributed by atoms with Gasteiger partial charge in [0, 0.05) is 5.69 Å². The Bertz CT molecular complexity index is 693. The molecule has 3 rings (SSSR count). The molecule has 5 heteroatoms. The molecule has 2 aromatic rings. The Kier molecular flexibility index (Phi) is 2.87. The molecule has 0 saturated heterocycles. The lowest BCUT2D eigenvalue weighted by Crippen LogP contribution is -2.20. The summed E-state index contributed by atoms with van der Waals surface area (Å²) in [4.78, 5) is 23.4. The molecule has 0 fully saturated rings. The molecule has 5 nitrogen and oxygen atoms in total. The number of hydrogen-bond acceptors (Lipinski definition) is 4. The van der Waals surface area contributed by atoms with E-state index >= 15 is 0 Å². The summed E-state index contributed by atoms with van der Waals surface area (Å²) in [5.74, 6) is 0.0201. The average Bonchev–Trinajstić information content (AvgIpc) is 2.76. The van der Waals surface area contributed by atoms with Crippen molar-refractivity contribution >= 4 is 23.2 Å². The van der Waals surface area contributed by atoms with E-state index < -0.39 is 0 Å². The number of rotatable bonds is 3. The molecule has 1 heterocycles. The van der Waals surface area contributed by atoms with Crippen LogP contribution in [0.2, 0.25) is 0 Å². The first-order valence-corrected chi connectivity index (χ1v) is 6.09. The molecule has 0 aromatic heterocycles. The van der Waals surface area contributed by atoms with Crippen molar-refractivity contribution < 1.29 is 14.3 Å². The predicted molar refractivity (Wildman–Crippen MR) is 74.5 cm³/mol. The highest BCUT2D eigenvalue weighted by Gasteiger charge is 2.29. The lowest BCUT2D eigenvalue weighted by Gasteiger charge is -2.10. The van der Waals surface area contributed by atoms with Crippen LogP contribution in [-0.4, -0.2) is 18.9 Å². The Hall–Kier alpha value is -2.82. The molecule has 2 N–H and O–H groups in total. The minimum Gasteiger partial charge on any atom is -0.497 e. The van der Waals surface area contributed by atoms with Crippen molar-refractivity contribution in [1.29, 1.82) is 0 Å². The first-order valence-electron chi connectivity index (χ1n) is 6.09. The van der Waals surface area contributed by atoms with Crippen molar-refractivity contribution in [2.45, 2.75) is 0 Å². The number of carbonyl (C=O) groups is 2. The smallest absolute Gasteiger partial charge is 0.261 e. The van der Waals surface area contributed by atoms with Gasteiger partial charge < -0.3 is 10.1 Å². The van der Waals surface area contributed by atoms with Gasteiger partial charge >= 0.3 is 0 Å². The summed E-state index contributed by atoms with van der Waals surface area (Å²) in [6.45, 7) is 0. The Balaban J connectivity index is 1.95. The van der Waals surface area contributed by atoms with Gasteiger partial charge in [0.2, 0.25) is 0 Å². The van der Waals surface area contributed by atoms with Gasteiger partial charge in [-0.1, -0.05) is 6.07 Å². The summed E-state index contributed by atoms with van der Waals surface area (Å²) in [7, 11) is 1.60. The molecule has 0 saturated carbocycles. The molecular formula is C15H12N2O3. The number of ether oxygens (including phenoxy) is 1. The molecule has 20 heavy (non-hydrogen) atoms. The number of methoxy groups -OCH3 is 1. The van der Waals surface area contributed by atoms with E-state index in [4.69, 9.17) is 4.74 Å². The Morgan fingerprint density at radius 2 is 1.75 bits per heavy atom. The van der Waals surface area contributed by atoms with Crippen molar-refractivity contribution in [1.82, 2.24) is 5.32 Å². The van der Waals surface area contributed by atoms with Crippen LogP contribution in [0.15, 0.2) is 42.5 Å². The zero-order valence-corrected chi connectivity index (χ0v) is 10.8. The topological polar surface area (TPSA) is 67.4 Å². The molecular weight excluding hydrogens is 256 g/mol. The maximum Gasteiger partial charge on any atom is 0.261 e. The minimum absolute atomic E-state index is 0.358. The highest BCUT2D eigenvalue weighted by molar-refractivity contribution is 6.24. The second kappa shape index (κ2) is 4.70. The highest BCUT2D eigenvalue weighted by atomic mass is 16.5. The highest BCUT2D eigenvalue weighted by Crippen LogP contribution is 2.27. The molecule has 0 bridgehead atoms. The van der Waals surface area contributed by atoms with Gasteiger partial charge in [-0.2, -0.15) is 0 Å². The maximum atomic E-state index is 11.8. The quantitative estimate of drug-likeness (QED) is 0.838. The van der Waals surface area contributed by atoms with Crippen LogP contribution >= 0.6 is 0 Å². The number of hydrogen-bond donors (Lipinski definition) is 2. The summed E-state index contributed by atoms with van der Waals surface area (Å²) in [6, 6.07) is 12.5. The van der Waals surface area contributed by atoms with Gasteiger partial charge in [-0.3, -0.25) is 14.9 Å². The molecule has 2 aromatic carbocycles. The monoisotopic (exact) mass is 268 g/mol. The van der Waals surface area contributed by atoms with Crippen molar-refractivity contribution in [3.63, 3.8) is 0 Å². The van der Waals surface area contributed by atoms with Crippen LogP contribution < -0.4 is 15.4 Å². The summed E-state index contributed by atoms with van der Waals surface area (Å²) in [6.07, 6.45) is 0. The van der Waals surface area contributed by atoms with Crippen LogP contribution in [0.1, 0.15) is 20.7 Å². The summed E-state index contributed by atoms with van der Waals surface area (Å²) < 4.78 is 5.09. The van der Waals surface area contributed by atoms with E-state index in [1.807, 2.05) is 24.3 Å². The van der Waals surface area contributed by atoms with E-state index in [1.165, 1.54) is 0 Å². The van der Waals surface area contributed by atoms with Crippen molar-refractivity contribution in [2.75, 3.05) is 12.4 Å². The largest absolute Gasteiger partial charge is 0.497 e. The summed E-state index contributed by atoms with van der Waals surface area (Å²) in [5, 5.41) is 5.43. The number of amides is 2. The molecule has 0 spiro atoms. The Morgan fingerprint density at radius 1 is 1.00 bits per heavy atom. The first kappa shape index (κ1) is 12.2. The van der Waals surface area contributed by atoms with Crippen LogP contribution in [0, 0.1) is 0 Å². The first-order chi connectivity index (χ1) is 9.69. The lowest BCUT2D eigenvalue weighted by molar-refractivity contribution is 0.0880. The standard InChI is InChI=1S/C15H12N2O3/c1-20-10-7-5-9(6-8-10)16-12-4-2-3-11-13(12)15(19)17-14(11)18/h2-8,16H,1H3,(H,17,18,19). The van der Waals surface area contributed by atoms with Crippen molar-refractivity contribution in [2.24, 2.45) is 0 Å². The van der Waals surface area contributed by atoms with Gasteiger partial charge in [-0.05, 0) is 36.4 Å². The second-order valence-electron chi connectivity index (χ2n) is 4.36. The van der Waals surface area contributed by atoms with E-state index in [0.717, 1.165) is 11.4 Å². The third kappa shape index (κ3) is 1.99. The van der Waals surface area contributed by atoms with Crippen LogP contribution in [0.25, 0.3) is 0 Å². The number of nitrogens with one attached hydrogen (secondary N) is 2. The summed E-state index contributed by atoms with van der Waals surface area (Å²) in [5.41, 5.74) is 2.20. The average molecular weight is 268 g/mol. The Morgan fingerprint density at radius 3 is 2.45 bits per heavy atom. The second-order valence-corrected chi connectivity index (χ2v) is 4.36. The van der Waals surface area contributed by atoms with Gasteiger partial charge in [0.25, 0.3) is 11.8 Å². The minimum atomic E-state index is -0.374. The molecule has 1 aliphatic rings. The number of benzene rings is 2. The molecule has 0 aliphatic carbocycles. The van der Waals surface area contributed by atoms with Crippen LogP contribution in [0.5, 0.6) is 5.75 Å². The molecule has 1 aliphatic heterocycles. The molecule has 0 radical (unpaired) electrons. The third-order valence-corrected chi connectivity index (χ3v) is 3.13. The van der Waals surface area contributed by atoms with E-state index in [-0.39, 0.29) is 11.8 Å². The fourth-order valence-electron chi connectivity index (χ4n) is 2.15. The molecule has 2 amide bonds. The SMILES string of the molecule is COc1ccc(Nc2cccc3c2C(=O)NC3=O)cc1. The van der Waals surface area contributed by atoms with E-state index in [1.54, 1.807) is 25.3 Å².